The number of rotatable bonds is 9. The molecule has 0 saturated heterocycles. The number of aryl methyl sites for hydroxylation is 1. The van der Waals surface area contributed by atoms with E-state index in [0.29, 0.717) is 52.9 Å². The smallest absolute Gasteiger partial charge is 0.303 e. The Morgan fingerprint density at radius 2 is 1.86 bits per heavy atom. The first-order valence-electron chi connectivity index (χ1n) is 11.5. The summed E-state index contributed by atoms with van der Waals surface area (Å²) in [5.74, 6) is -0.668. The van der Waals surface area contributed by atoms with Gasteiger partial charge in [-0.3, -0.25) is 19.0 Å². The highest BCUT2D eigenvalue weighted by molar-refractivity contribution is 5.97. The lowest BCUT2D eigenvalue weighted by Crippen LogP contribution is -2.24. The summed E-state index contributed by atoms with van der Waals surface area (Å²) in [7, 11) is 0. The van der Waals surface area contributed by atoms with Gasteiger partial charge in [-0.05, 0) is 62.1 Å². The Balaban J connectivity index is 1.55. The van der Waals surface area contributed by atoms with Crippen LogP contribution in [0.15, 0.2) is 57.8 Å². The summed E-state index contributed by atoms with van der Waals surface area (Å²) in [5.41, 5.74) is 1.73. The lowest BCUT2D eigenvalue weighted by atomic mass is 10.1. The summed E-state index contributed by atoms with van der Waals surface area (Å²) in [6.45, 7) is 0. The molecule has 2 aromatic carbocycles. The Morgan fingerprint density at radius 1 is 1.09 bits per heavy atom. The van der Waals surface area contributed by atoms with Gasteiger partial charge in [0.05, 0.1) is 16.6 Å². The molecular weight excluding hydrogens is 453 g/mol. The monoisotopic (exact) mass is 475 g/mol. The summed E-state index contributed by atoms with van der Waals surface area (Å²) in [5, 5.41) is 13.3. The number of benzene rings is 2. The van der Waals surface area contributed by atoms with Gasteiger partial charge in [0.15, 0.2) is 0 Å². The standard InChI is InChI=1S/C26H22FN3O5/c27-17-8-10-18(11-9-17)30-23(3-1-2-4-24(31)32)28-21-13-16(7-12-19(21)26(30)34)20-14-22(35-29-20)25(33)15-5-6-15/h7-15H,1-6H2,(H,31,32). The number of carbonyl (C=O) groups excluding carboxylic acids is 1. The number of carbonyl (C=O) groups is 2. The van der Waals surface area contributed by atoms with E-state index in [1.807, 2.05) is 0 Å². The second kappa shape index (κ2) is 9.25. The normalized spacial score (nSPS) is 13.3. The molecule has 2 aromatic heterocycles. The second-order valence-corrected chi connectivity index (χ2v) is 8.69. The minimum absolute atomic E-state index is 0.0164. The van der Waals surface area contributed by atoms with Gasteiger partial charge in [-0.25, -0.2) is 9.37 Å². The van der Waals surface area contributed by atoms with Crippen LogP contribution in [0.2, 0.25) is 0 Å². The maximum Gasteiger partial charge on any atom is 0.303 e. The molecule has 0 radical (unpaired) electrons. The molecule has 5 rings (SSSR count). The van der Waals surface area contributed by atoms with Crippen molar-refractivity contribution in [1.82, 2.24) is 14.7 Å². The lowest BCUT2D eigenvalue weighted by molar-refractivity contribution is -0.137. The molecule has 2 heterocycles. The van der Waals surface area contributed by atoms with E-state index < -0.39 is 11.8 Å². The van der Waals surface area contributed by atoms with E-state index in [-0.39, 0.29) is 29.4 Å². The highest BCUT2D eigenvalue weighted by Crippen LogP contribution is 2.33. The van der Waals surface area contributed by atoms with E-state index in [0.717, 1.165) is 12.8 Å². The largest absolute Gasteiger partial charge is 0.481 e. The first-order chi connectivity index (χ1) is 16.9. The summed E-state index contributed by atoms with van der Waals surface area (Å²) in [4.78, 5) is 41.3. The zero-order valence-electron chi connectivity index (χ0n) is 18.7. The van der Waals surface area contributed by atoms with Crippen molar-refractivity contribution in [3.8, 4) is 16.9 Å². The molecule has 0 amide bonds. The first kappa shape index (κ1) is 22.6. The van der Waals surface area contributed by atoms with Crippen molar-refractivity contribution in [3.05, 3.63) is 76.3 Å². The quantitative estimate of drug-likeness (QED) is 0.278. The summed E-state index contributed by atoms with van der Waals surface area (Å²) in [6.07, 6.45) is 3.07. The minimum atomic E-state index is -0.885. The third-order valence-electron chi connectivity index (χ3n) is 6.06. The molecule has 9 heteroatoms. The summed E-state index contributed by atoms with van der Waals surface area (Å²) < 4.78 is 20.2. The van der Waals surface area contributed by atoms with Crippen molar-refractivity contribution in [2.24, 2.45) is 5.92 Å². The number of hydrogen-bond acceptors (Lipinski definition) is 6. The lowest BCUT2D eigenvalue weighted by Gasteiger charge is -2.14. The van der Waals surface area contributed by atoms with Crippen molar-refractivity contribution < 1.29 is 23.6 Å². The van der Waals surface area contributed by atoms with Gasteiger partial charge >= 0.3 is 5.97 Å². The summed E-state index contributed by atoms with van der Waals surface area (Å²) in [6, 6.07) is 12.2. The van der Waals surface area contributed by atoms with Crippen molar-refractivity contribution in [2.75, 3.05) is 0 Å². The fourth-order valence-corrected chi connectivity index (χ4v) is 4.05. The second-order valence-electron chi connectivity index (χ2n) is 8.69. The van der Waals surface area contributed by atoms with E-state index in [9.17, 15) is 18.8 Å². The molecule has 4 aromatic rings. The fraction of sp³-hybridized carbons (Fsp3) is 0.269. The molecule has 1 fully saturated rings. The number of aliphatic carboxylic acids is 1. The van der Waals surface area contributed by atoms with E-state index in [1.54, 1.807) is 24.3 Å². The number of unbranched alkanes of at least 4 members (excludes halogenated alkanes) is 1. The molecule has 1 aliphatic rings. The molecule has 0 aliphatic heterocycles. The van der Waals surface area contributed by atoms with Crippen LogP contribution in [0.25, 0.3) is 27.8 Å². The Morgan fingerprint density at radius 3 is 2.57 bits per heavy atom. The van der Waals surface area contributed by atoms with Gasteiger partial charge in [0.25, 0.3) is 5.56 Å². The predicted molar refractivity (Wildman–Crippen MR) is 125 cm³/mol. The van der Waals surface area contributed by atoms with Crippen molar-refractivity contribution >= 4 is 22.7 Å². The third kappa shape index (κ3) is 4.75. The van der Waals surface area contributed by atoms with Crippen LogP contribution in [0.3, 0.4) is 0 Å². The molecule has 0 atom stereocenters. The Labute approximate surface area is 199 Å². The number of hydrogen-bond donors (Lipinski definition) is 1. The van der Waals surface area contributed by atoms with Crippen LogP contribution in [0.5, 0.6) is 0 Å². The SMILES string of the molecule is O=C(O)CCCCc1nc2cc(-c3cc(C(=O)C4CC4)on3)ccc2c(=O)n1-c1ccc(F)cc1. The average Bonchev–Trinajstić information content (AvgIpc) is 3.58. The number of halogens is 1. The Kier molecular flexibility index (Phi) is 5.98. The van der Waals surface area contributed by atoms with Gasteiger partial charge in [0, 0.05) is 30.4 Å². The highest BCUT2D eigenvalue weighted by atomic mass is 19.1. The zero-order chi connectivity index (χ0) is 24.5. The molecular formula is C26H22FN3O5. The molecule has 0 unspecified atom stereocenters. The molecule has 35 heavy (non-hydrogen) atoms. The van der Waals surface area contributed by atoms with Gasteiger partial charge in [-0.1, -0.05) is 11.2 Å². The van der Waals surface area contributed by atoms with Crippen LogP contribution in [-0.2, 0) is 11.2 Å². The van der Waals surface area contributed by atoms with Crippen LogP contribution >= 0.6 is 0 Å². The third-order valence-corrected chi connectivity index (χ3v) is 6.06. The predicted octanol–water partition coefficient (Wildman–Crippen LogP) is 4.57. The van der Waals surface area contributed by atoms with Crippen LogP contribution in [-0.4, -0.2) is 31.6 Å². The van der Waals surface area contributed by atoms with E-state index in [1.165, 1.54) is 28.8 Å². The van der Waals surface area contributed by atoms with Crippen LogP contribution in [0.1, 0.15) is 48.5 Å². The van der Waals surface area contributed by atoms with Gasteiger partial charge in [-0.2, -0.15) is 0 Å². The van der Waals surface area contributed by atoms with Gasteiger partial charge in [-0.15, -0.1) is 0 Å². The number of carboxylic acids is 1. The van der Waals surface area contributed by atoms with E-state index >= 15 is 0 Å². The topological polar surface area (TPSA) is 115 Å². The van der Waals surface area contributed by atoms with E-state index in [4.69, 9.17) is 14.6 Å². The van der Waals surface area contributed by atoms with Crippen molar-refractivity contribution in [2.45, 2.75) is 38.5 Å². The number of nitrogens with zero attached hydrogens (tertiary/aromatic N) is 3. The number of ketones is 1. The van der Waals surface area contributed by atoms with Gasteiger partial charge in [0.2, 0.25) is 11.5 Å². The Hall–Kier alpha value is -4.14. The summed E-state index contributed by atoms with van der Waals surface area (Å²) >= 11 is 0. The van der Waals surface area contributed by atoms with Crippen LogP contribution in [0, 0.1) is 11.7 Å². The molecule has 0 spiro atoms. The van der Waals surface area contributed by atoms with E-state index in [2.05, 4.69) is 5.16 Å². The molecule has 178 valence electrons. The molecule has 1 aliphatic carbocycles. The first-order valence-corrected chi connectivity index (χ1v) is 11.5. The number of fused-ring (bicyclic) bond motifs is 1. The average molecular weight is 475 g/mol. The zero-order valence-corrected chi connectivity index (χ0v) is 18.7. The number of carboxylic acid groups (broad SMARTS) is 1. The van der Waals surface area contributed by atoms with Crippen molar-refractivity contribution in [3.63, 3.8) is 0 Å². The maximum atomic E-state index is 13.5. The molecule has 0 bridgehead atoms. The number of Topliss-reactive ketones (excluding diaryl/α,β-unsaturated/α-hetero) is 1. The minimum Gasteiger partial charge on any atom is -0.481 e. The molecule has 1 saturated carbocycles. The van der Waals surface area contributed by atoms with Crippen LogP contribution < -0.4 is 5.56 Å². The van der Waals surface area contributed by atoms with Crippen LogP contribution in [0.4, 0.5) is 4.39 Å². The van der Waals surface area contributed by atoms with Gasteiger partial charge < -0.3 is 9.63 Å². The number of aromatic nitrogens is 3. The maximum absolute atomic E-state index is 13.5. The highest BCUT2D eigenvalue weighted by Gasteiger charge is 2.33. The molecule has 8 nitrogen and oxygen atoms in total. The Bertz CT molecular complexity index is 1490. The molecule has 1 N–H and O–H groups in total. The van der Waals surface area contributed by atoms with Gasteiger partial charge in [0.1, 0.15) is 17.3 Å². The fourth-order valence-electron chi connectivity index (χ4n) is 4.05. The van der Waals surface area contributed by atoms with Crippen molar-refractivity contribution in [1.29, 1.82) is 0 Å².